The molecule has 94 valence electrons. The lowest BCUT2D eigenvalue weighted by atomic mass is 10.1. The van der Waals surface area contributed by atoms with E-state index in [1.165, 1.54) is 12.1 Å². The first-order valence-corrected chi connectivity index (χ1v) is 5.91. The second-order valence-electron chi connectivity index (χ2n) is 3.92. The predicted molar refractivity (Wildman–Crippen MR) is 70.6 cm³/mol. The number of benzene rings is 2. The molecule has 0 unspecified atom stereocenters. The van der Waals surface area contributed by atoms with Crippen LogP contribution in [-0.2, 0) is 6.54 Å². The second-order valence-corrected chi connectivity index (χ2v) is 4.33. The highest BCUT2D eigenvalue weighted by Gasteiger charge is 2.12. The first-order chi connectivity index (χ1) is 8.63. The fourth-order valence-electron chi connectivity index (χ4n) is 1.69. The maximum absolute atomic E-state index is 13.8. The first kappa shape index (κ1) is 12.9. The van der Waals surface area contributed by atoms with Gasteiger partial charge in [-0.2, -0.15) is 0 Å². The molecule has 2 nitrogen and oxygen atoms in total. The zero-order valence-corrected chi connectivity index (χ0v) is 10.7. The number of ether oxygens (including phenoxy) is 1. The van der Waals surface area contributed by atoms with Gasteiger partial charge in [-0.05, 0) is 24.6 Å². The molecule has 0 saturated heterocycles. The fourth-order valence-corrected chi connectivity index (χ4v) is 1.86. The van der Waals surface area contributed by atoms with Crippen LogP contribution in [-0.4, -0.2) is 0 Å². The van der Waals surface area contributed by atoms with E-state index in [2.05, 4.69) is 0 Å². The number of halogens is 2. The molecule has 0 spiro atoms. The van der Waals surface area contributed by atoms with Crippen molar-refractivity contribution < 1.29 is 9.13 Å². The van der Waals surface area contributed by atoms with Gasteiger partial charge >= 0.3 is 0 Å². The Morgan fingerprint density at radius 3 is 2.67 bits per heavy atom. The molecule has 4 heteroatoms. The van der Waals surface area contributed by atoms with Gasteiger partial charge in [-0.3, -0.25) is 0 Å². The summed E-state index contributed by atoms with van der Waals surface area (Å²) in [5.41, 5.74) is 7.37. The topological polar surface area (TPSA) is 35.2 Å². The Bertz CT molecular complexity index is 572. The predicted octanol–water partition coefficient (Wildman–Crippen LogP) is 4.04. The van der Waals surface area contributed by atoms with E-state index in [0.29, 0.717) is 12.3 Å². The molecule has 18 heavy (non-hydrogen) atoms. The Morgan fingerprint density at radius 2 is 1.94 bits per heavy atom. The Labute approximate surface area is 110 Å². The highest BCUT2D eigenvalue weighted by Crippen LogP contribution is 2.32. The number of rotatable bonds is 3. The summed E-state index contributed by atoms with van der Waals surface area (Å²) in [6.45, 7) is 2.22. The molecule has 2 aromatic carbocycles. The van der Waals surface area contributed by atoms with Crippen molar-refractivity contribution in [2.75, 3.05) is 0 Å². The Balaban J connectivity index is 2.43. The van der Waals surface area contributed by atoms with Crippen LogP contribution in [0.25, 0.3) is 0 Å². The van der Waals surface area contributed by atoms with E-state index in [1.54, 1.807) is 6.07 Å². The van der Waals surface area contributed by atoms with Crippen LogP contribution in [0.5, 0.6) is 11.5 Å². The lowest BCUT2D eigenvalue weighted by molar-refractivity contribution is 0.435. The lowest BCUT2D eigenvalue weighted by Crippen LogP contribution is -2.01. The van der Waals surface area contributed by atoms with Crippen LogP contribution < -0.4 is 10.5 Å². The van der Waals surface area contributed by atoms with E-state index in [-0.39, 0.29) is 10.8 Å². The van der Waals surface area contributed by atoms with Crippen LogP contribution in [0.1, 0.15) is 11.1 Å². The lowest BCUT2D eigenvalue weighted by Gasteiger charge is -2.13. The largest absolute Gasteiger partial charge is 0.454 e. The van der Waals surface area contributed by atoms with Crippen molar-refractivity contribution in [2.24, 2.45) is 5.73 Å². The van der Waals surface area contributed by atoms with Crippen molar-refractivity contribution >= 4 is 11.6 Å². The van der Waals surface area contributed by atoms with E-state index < -0.39 is 5.82 Å². The van der Waals surface area contributed by atoms with Gasteiger partial charge in [-0.25, -0.2) is 4.39 Å². The fraction of sp³-hybridized carbons (Fsp3) is 0.143. The van der Waals surface area contributed by atoms with Crippen LogP contribution in [0.3, 0.4) is 0 Å². The van der Waals surface area contributed by atoms with Crippen molar-refractivity contribution in [3.63, 3.8) is 0 Å². The minimum atomic E-state index is -0.564. The van der Waals surface area contributed by atoms with Gasteiger partial charge in [0, 0.05) is 12.1 Å². The maximum Gasteiger partial charge on any atom is 0.184 e. The minimum absolute atomic E-state index is 0.0374. The third-order valence-electron chi connectivity index (χ3n) is 2.64. The second kappa shape index (κ2) is 5.38. The van der Waals surface area contributed by atoms with Crippen molar-refractivity contribution in [1.29, 1.82) is 0 Å². The molecule has 0 aliphatic heterocycles. The van der Waals surface area contributed by atoms with Gasteiger partial charge in [0.2, 0.25) is 0 Å². The molecule has 0 aliphatic carbocycles. The van der Waals surface area contributed by atoms with E-state index >= 15 is 0 Å². The number of hydrogen-bond donors (Lipinski definition) is 1. The van der Waals surface area contributed by atoms with Gasteiger partial charge in [-0.15, -0.1) is 0 Å². The van der Waals surface area contributed by atoms with Gasteiger partial charge in [-0.1, -0.05) is 35.9 Å². The third-order valence-corrected chi connectivity index (χ3v) is 2.93. The zero-order chi connectivity index (χ0) is 13.1. The van der Waals surface area contributed by atoms with Crippen LogP contribution >= 0.6 is 11.6 Å². The van der Waals surface area contributed by atoms with E-state index in [1.807, 2.05) is 25.1 Å². The van der Waals surface area contributed by atoms with Crippen LogP contribution in [0.4, 0.5) is 4.39 Å². The van der Waals surface area contributed by atoms with Crippen molar-refractivity contribution in [3.8, 4) is 11.5 Å². The number of aryl methyl sites for hydroxylation is 1. The van der Waals surface area contributed by atoms with E-state index in [4.69, 9.17) is 22.1 Å². The molecular formula is C14H13ClFNO. The highest BCUT2D eigenvalue weighted by molar-refractivity contribution is 6.30. The van der Waals surface area contributed by atoms with Gasteiger partial charge in [0.05, 0.1) is 5.02 Å². The standard InChI is InChI=1S/C14H13ClFNO/c1-9-4-2-5-10(8-17)14(9)18-12-7-3-6-11(15)13(12)16/h2-7H,8,17H2,1H3. The summed E-state index contributed by atoms with van der Waals surface area (Å²) in [6.07, 6.45) is 0. The maximum atomic E-state index is 13.8. The third kappa shape index (κ3) is 2.47. The summed E-state index contributed by atoms with van der Waals surface area (Å²) in [4.78, 5) is 0. The summed E-state index contributed by atoms with van der Waals surface area (Å²) in [5.74, 6) is 0.123. The molecule has 0 heterocycles. The van der Waals surface area contributed by atoms with Gasteiger partial charge < -0.3 is 10.5 Å². The molecule has 0 atom stereocenters. The summed E-state index contributed by atoms with van der Waals surface area (Å²) in [6, 6.07) is 10.3. The number of nitrogens with two attached hydrogens (primary N) is 1. The molecule has 0 saturated carbocycles. The molecule has 2 aromatic rings. The van der Waals surface area contributed by atoms with E-state index in [0.717, 1.165) is 11.1 Å². The average Bonchev–Trinajstić information content (AvgIpc) is 2.37. The average molecular weight is 266 g/mol. The van der Waals surface area contributed by atoms with Gasteiger partial charge in [0.15, 0.2) is 11.6 Å². The Hall–Kier alpha value is -1.58. The molecule has 0 aromatic heterocycles. The quantitative estimate of drug-likeness (QED) is 0.909. The molecule has 2 N–H and O–H groups in total. The molecule has 0 bridgehead atoms. The summed E-state index contributed by atoms with van der Waals surface area (Å²) in [7, 11) is 0. The Kier molecular flexibility index (Phi) is 3.84. The molecular weight excluding hydrogens is 253 g/mol. The van der Waals surface area contributed by atoms with Crippen LogP contribution in [0.2, 0.25) is 5.02 Å². The van der Waals surface area contributed by atoms with Gasteiger partial charge in [0.1, 0.15) is 5.75 Å². The zero-order valence-electron chi connectivity index (χ0n) is 9.91. The summed E-state index contributed by atoms with van der Waals surface area (Å²) < 4.78 is 19.4. The Morgan fingerprint density at radius 1 is 1.22 bits per heavy atom. The van der Waals surface area contributed by atoms with Crippen molar-refractivity contribution in [1.82, 2.24) is 0 Å². The summed E-state index contributed by atoms with van der Waals surface area (Å²) in [5, 5.41) is 0.0374. The number of para-hydroxylation sites is 1. The first-order valence-electron chi connectivity index (χ1n) is 5.54. The smallest absolute Gasteiger partial charge is 0.184 e. The van der Waals surface area contributed by atoms with E-state index in [9.17, 15) is 4.39 Å². The highest BCUT2D eigenvalue weighted by atomic mass is 35.5. The molecule has 0 radical (unpaired) electrons. The molecule has 2 rings (SSSR count). The molecule has 0 fully saturated rings. The number of hydrogen-bond acceptors (Lipinski definition) is 2. The van der Waals surface area contributed by atoms with Crippen molar-refractivity contribution in [2.45, 2.75) is 13.5 Å². The van der Waals surface area contributed by atoms with Crippen molar-refractivity contribution in [3.05, 3.63) is 58.4 Å². The SMILES string of the molecule is Cc1cccc(CN)c1Oc1cccc(Cl)c1F. The molecule has 0 aliphatic rings. The van der Waals surface area contributed by atoms with Crippen LogP contribution in [0.15, 0.2) is 36.4 Å². The molecule has 0 amide bonds. The summed E-state index contributed by atoms with van der Waals surface area (Å²) >= 11 is 5.71. The van der Waals surface area contributed by atoms with Gasteiger partial charge in [0.25, 0.3) is 0 Å². The minimum Gasteiger partial charge on any atom is -0.454 e. The normalized spacial score (nSPS) is 10.4. The monoisotopic (exact) mass is 265 g/mol. The van der Waals surface area contributed by atoms with Crippen LogP contribution in [0, 0.1) is 12.7 Å².